The highest BCUT2D eigenvalue weighted by Crippen LogP contribution is 2.07. The average Bonchev–Trinajstić information content (AvgIpc) is 2.16. The van der Waals surface area contributed by atoms with Gasteiger partial charge in [-0.2, -0.15) is 0 Å². The molecule has 0 aromatic carbocycles. The Morgan fingerprint density at radius 3 is 2.85 bits per heavy atom. The monoisotopic (exact) mass is 174 g/mol. The minimum atomic E-state index is 0.980. The lowest BCUT2D eigenvalue weighted by atomic mass is 10.1. The maximum absolute atomic E-state index is 4.20. The van der Waals surface area contributed by atoms with Crippen LogP contribution in [0.5, 0.6) is 0 Å². The molecule has 0 saturated carbocycles. The fraction of sp³-hybridized carbons (Fsp3) is 0.273. The summed E-state index contributed by atoms with van der Waals surface area (Å²) >= 11 is 0. The lowest BCUT2D eigenvalue weighted by molar-refractivity contribution is 1.26. The van der Waals surface area contributed by atoms with Gasteiger partial charge in [-0.15, -0.1) is 0 Å². The summed E-state index contributed by atoms with van der Waals surface area (Å²) < 4.78 is 0. The number of hydrogen-bond acceptors (Lipinski definition) is 2. The first-order valence-corrected chi connectivity index (χ1v) is 4.30. The number of aromatic nitrogens is 1. The summed E-state index contributed by atoms with van der Waals surface area (Å²) in [5, 5.41) is 0. The van der Waals surface area contributed by atoms with Crippen molar-refractivity contribution in [3.05, 3.63) is 41.7 Å². The van der Waals surface area contributed by atoms with Crippen LogP contribution >= 0.6 is 0 Å². The molecule has 1 rings (SSSR count). The van der Waals surface area contributed by atoms with Crippen LogP contribution in [0.3, 0.4) is 0 Å². The zero-order chi connectivity index (χ0) is 9.68. The van der Waals surface area contributed by atoms with Crippen molar-refractivity contribution in [2.24, 2.45) is 4.99 Å². The zero-order valence-corrected chi connectivity index (χ0v) is 8.28. The molecule has 2 nitrogen and oxygen atoms in total. The first-order chi connectivity index (χ1) is 6.29. The Morgan fingerprint density at radius 2 is 2.31 bits per heavy atom. The van der Waals surface area contributed by atoms with E-state index < -0.39 is 0 Å². The van der Waals surface area contributed by atoms with Gasteiger partial charge in [-0.1, -0.05) is 6.08 Å². The number of pyridine rings is 1. The number of allylic oxidation sites excluding steroid dienone is 2. The van der Waals surface area contributed by atoms with E-state index in [2.05, 4.69) is 16.9 Å². The Bertz CT molecular complexity index is 338. The van der Waals surface area contributed by atoms with Crippen LogP contribution in [-0.2, 0) is 0 Å². The molecule has 2 heteroatoms. The van der Waals surface area contributed by atoms with Gasteiger partial charge in [0.2, 0.25) is 0 Å². The van der Waals surface area contributed by atoms with E-state index in [1.54, 1.807) is 13.2 Å². The van der Waals surface area contributed by atoms with Crippen molar-refractivity contribution in [3.63, 3.8) is 0 Å². The van der Waals surface area contributed by atoms with Gasteiger partial charge in [-0.3, -0.25) is 9.98 Å². The Kier molecular flexibility index (Phi) is 3.38. The van der Waals surface area contributed by atoms with Gasteiger partial charge in [-0.05, 0) is 31.6 Å². The van der Waals surface area contributed by atoms with Gasteiger partial charge in [-0.25, -0.2) is 0 Å². The van der Waals surface area contributed by atoms with Crippen molar-refractivity contribution in [2.75, 3.05) is 7.05 Å². The van der Waals surface area contributed by atoms with Gasteiger partial charge in [0.15, 0.2) is 0 Å². The highest BCUT2D eigenvalue weighted by molar-refractivity contribution is 6.09. The molecule has 0 unspecified atom stereocenters. The van der Waals surface area contributed by atoms with E-state index in [4.69, 9.17) is 0 Å². The highest BCUT2D eigenvalue weighted by atomic mass is 14.7. The Labute approximate surface area is 79.0 Å². The van der Waals surface area contributed by atoms with Crippen LogP contribution in [0.1, 0.15) is 18.1 Å². The molecule has 0 aliphatic heterocycles. The molecule has 0 spiro atoms. The number of aliphatic imine (C=N–C) groups is 1. The molecule has 13 heavy (non-hydrogen) atoms. The first-order valence-electron chi connectivity index (χ1n) is 4.30. The summed E-state index contributed by atoms with van der Waals surface area (Å²) in [6.45, 7) is 4.04. The van der Waals surface area contributed by atoms with Crippen LogP contribution in [0.15, 0.2) is 35.6 Å². The molecular weight excluding hydrogens is 160 g/mol. The van der Waals surface area contributed by atoms with Crippen molar-refractivity contribution in [1.82, 2.24) is 4.98 Å². The Hall–Kier alpha value is -1.44. The summed E-state index contributed by atoms with van der Waals surface area (Å²) in [5.74, 6) is 0. The smallest absolute Gasteiger partial charge is 0.0658 e. The van der Waals surface area contributed by atoms with Crippen molar-refractivity contribution in [2.45, 2.75) is 13.8 Å². The predicted octanol–water partition coefficient (Wildman–Crippen LogP) is 2.39. The lowest BCUT2D eigenvalue weighted by Gasteiger charge is -2.03. The van der Waals surface area contributed by atoms with Crippen molar-refractivity contribution in [3.8, 4) is 0 Å². The SMILES string of the molecule is CC=CC(=NC)c1cnccc1C. The topological polar surface area (TPSA) is 25.2 Å². The van der Waals surface area contributed by atoms with Crippen LogP contribution in [0.2, 0.25) is 0 Å². The maximum atomic E-state index is 4.20. The fourth-order valence-corrected chi connectivity index (χ4v) is 1.17. The van der Waals surface area contributed by atoms with E-state index in [1.165, 1.54) is 5.56 Å². The predicted molar refractivity (Wildman–Crippen MR) is 56.2 cm³/mol. The van der Waals surface area contributed by atoms with E-state index in [1.807, 2.05) is 31.3 Å². The average molecular weight is 174 g/mol. The summed E-state index contributed by atoms with van der Waals surface area (Å²) in [6.07, 6.45) is 7.61. The van der Waals surface area contributed by atoms with Crippen LogP contribution in [0.4, 0.5) is 0 Å². The van der Waals surface area contributed by atoms with E-state index in [-0.39, 0.29) is 0 Å². The van der Waals surface area contributed by atoms with Crippen LogP contribution in [0, 0.1) is 6.92 Å². The van der Waals surface area contributed by atoms with E-state index in [0.29, 0.717) is 0 Å². The zero-order valence-electron chi connectivity index (χ0n) is 8.28. The second kappa shape index (κ2) is 4.55. The first kappa shape index (κ1) is 9.65. The van der Waals surface area contributed by atoms with Crippen molar-refractivity contribution in [1.29, 1.82) is 0 Å². The summed E-state index contributed by atoms with van der Waals surface area (Å²) in [5.41, 5.74) is 3.28. The maximum Gasteiger partial charge on any atom is 0.0658 e. The van der Waals surface area contributed by atoms with E-state index >= 15 is 0 Å². The number of rotatable bonds is 2. The summed E-state index contributed by atoms with van der Waals surface area (Å²) in [7, 11) is 1.79. The molecule has 0 saturated heterocycles. The number of aryl methyl sites for hydroxylation is 1. The third-order valence-corrected chi connectivity index (χ3v) is 1.88. The minimum Gasteiger partial charge on any atom is -0.288 e. The quantitative estimate of drug-likeness (QED) is 0.632. The molecule has 1 aromatic heterocycles. The van der Waals surface area contributed by atoms with Crippen molar-refractivity contribution < 1.29 is 0 Å². The summed E-state index contributed by atoms with van der Waals surface area (Å²) in [6, 6.07) is 1.99. The molecule has 0 atom stereocenters. The van der Waals surface area contributed by atoms with E-state index in [0.717, 1.165) is 11.3 Å². The van der Waals surface area contributed by atoms with Gasteiger partial charge in [0, 0.05) is 25.0 Å². The normalized spacial score (nSPS) is 12.4. The minimum absolute atomic E-state index is 0.980. The lowest BCUT2D eigenvalue weighted by Crippen LogP contribution is -2.00. The third kappa shape index (κ3) is 2.25. The van der Waals surface area contributed by atoms with Crippen LogP contribution < -0.4 is 0 Å². The molecule has 0 radical (unpaired) electrons. The number of nitrogens with zero attached hydrogens (tertiary/aromatic N) is 2. The van der Waals surface area contributed by atoms with Gasteiger partial charge in [0.1, 0.15) is 0 Å². The molecule has 1 aromatic rings. The Morgan fingerprint density at radius 1 is 1.54 bits per heavy atom. The number of hydrogen-bond donors (Lipinski definition) is 0. The molecule has 0 fully saturated rings. The standard InChI is InChI=1S/C11H14N2/c1-4-5-11(12-3)10-8-13-7-6-9(10)2/h4-8H,1-3H3. The van der Waals surface area contributed by atoms with Gasteiger partial charge in [0.25, 0.3) is 0 Å². The molecular formula is C11H14N2. The molecule has 0 aliphatic rings. The molecule has 0 N–H and O–H groups in total. The van der Waals surface area contributed by atoms with Crippen molar-refractivity contribution >= 4 is 5.71 Å². The molecule has 1 heterocycles. The molecule has 0 aliphatic carbocycles. The van der Waals surface area contributed by atoms with Gasteiger partial charge >= 0.3 is 0 Å². The largest absolute Gasteiger partial charge is 0.288 e. The molecule has 68 valence electrons. The van der Waals surface area contributed by atoms with Gasteiger partial charge < -0.3 is 0 Å². The second-order valence-corrected chi connectivity index (χ2v) is 2.80. The summed E-state index contributed by atoms with van der Waals surface area (Å²) in [4.78, 5) is 8.28. The fourth-order valence-electron chi connectivity index (χ4n) is 1.17. The highest BCUT2D eigenvalue weighted by Gasteiger charge is 2.01. The molecule has 0 bridgehead atoms. The van der Waals surface area contributed by atoms with Gasteiger partial charge in [0.05, 0.1) is 5.71 Å². The van der Waals surface area contributed by atoms with E-state index in [9.17, 15) is 0 Å². The Balaban J connectivity index is 3.13. The third-order valence-electron chi connectivity index (χ3n) is 1.88. The van der Waals surface area contributed by atoms with Crippen LogP contribution in [0.25, 0.3) is 0 Å². The molecule has 0 amide bonds. The van der Waals surface area contributed by atoms with Crippen LogP contribution in [-0.4, -0.2) is 17.7 Å². The second-order valence-electron chi connectivity index (χ2n) is 2.80.